The number of methoxy groups -OCH3 is 1. The van der Waals surface area contributed by atoms with Gasteiger partial charge in [0.25, 0.3) is 10.1 Å². The predicted octanol–water partition coefficient (Wildman–Crippen LogP) is -3.09. The Labute approximate surface area is 155 Å². The maximum atomic E-state index is 11.4. The van der Waals surface area contributed by atoms with Gasteiger partial charge >= 0.3 is 51.4 Å². The van der Waals surface area contributed by atoms with E-state index < -0.39 is 39.6 Å². The maximum Gasteiger partial charge on any atom is 1.00 e. The normalized spacial score (nSPS) is 20.1. The molecule has 0 aromatic heterocycles. The van der Waals surface area contributed by atoms with Crippen LogP contribution in [0.5, 0.6) is 11.5 Å². The minimum Gasteiger partial charge on any atom is -0.870 e. The van der Waals surface area contributed by atoms with E-state index in [1.807, 2.05) is 0 Å². The van der Waals surface area contributed by atoms with E-state index in [4.69, 9.17) is 11.4 Å². The van der Waals surface area contributed by atoms with Crippen LogP contribution in [0.2, 0.25) is 0 Å². The Balaban J connectivity index is 0.00000484. The van der Waals surface area contributed by atoms with Gasteiger partial charge in [-0.2, -0.15) is 8.42 Å². The summed E-state index contributed by atoms with van der Waals surface area (Å²) >= 11 is 0. The van der Waals surface area contributed by atoms with Crippen LogP contribution in [0, 0.1) is 0 Å². The van der Waals surface area contributed by atoms with Crippen LogP contribution >= 0.6 is 0 Å². The molecule has 1 aromatic rings. The van der Waals surface area contributed by atoms with E-state index in [9.17, 15) is 18.6 Å². The van der Waals surface area contributed by atoms with Crippen LogP contribution in [-0.4, -0.2) is 30.1 Å². The Hall–Kier alpha value is 0.326. The number of hydrogen-bond acceptors (Lipinski definition) is 5. The molecule has 8 heteroatoms. The van der Waals surface area contributed by atoms with Crippen molar-refractivity contribution in [2.75, 3.05) is 7.11 Å². The molecule has 18 heavy (non-hydrogen) atoms. The molecule has 1 aromatic carbocycles. The van der Waals surface area contributed by atoms with E-state index in [1.54, 1.807) is 0 Å². The molecule has 0 radical (unpaired) electrons. The van der Waals surface area contributed by atoms with Crippen LogP contribution in [0.25, 0.3) is 0 Å². The van der Waals surface area contributed by atoms with Gasteiger partial charge in [0.15, 0.2) is 4.93 Å². The second-order valence-corrected chi connectivity index (χ2v) is 4.65. The van der Waals surface area contributed by atoms with Crippen LogP contribution in [0.1, 0.15) is 19.3 Å². The molecule has 2 N–H and O–H groups in total. The average molecular weight is 305 g/mol. The van der Waals surface area contributed by atoms with Gasteiger partial charge in [0.05, 0.1) is 7.11 Å². The van der Waals surface area contributed by atoms with E-state index in [0.29, 0.717) is 0 Å². The Bertz CT molecular complexity index is 677. The van der Waals surface area contributed by atoms with Crippen molar-refractivity contribution in [1.82, 2.24) is 0 Å². The molecule has 1 rings (SSSR count). The summed E-state index contributed by atoms with van der Waals surface area (Å²) in [6.45, 7) is -3.81. The maximum absolute atomic E-state index is 11.4. The van der Waals surface area contributed by atoms with E-state index in [-0.39, 0.29) is 57.1 Å². The van der Waals surface area contributed by atoms with E-state index >= 15 is 0 Å². The molecule has 0 aliphatic rings. The Kier molecular flexibility index (Phi) is 4.09. The third-order valence-corrected chi connectivity index (χ3v) is 2.70. The van der Waals surface area contributed by atoms with Crippen LogP contribution in [0.15, 0.2) is 18.2 Å². The fourth-order valence-electron chi connectivity index (χ4n) is 1.01. The minimum atomic E-state index is -5.76. The molecular formula is C10H13KO6S. The van der Waals surface area contributed by atoms with E-state index in [1.165, 1.54) is 0 Å². The van der Waals surface area contributed by atoms with Crippen LogP contribution in [-0.2, 0) is 16.5 Å². The van der Waals surface area contributed by atoms with Gasteiger partial charge in [-0.15, -0.1) is 0 Å². The average Bonchev–Trinajstić information content (AvgIpc) is 2.35. The summed E-state index contributed by atoms with van der Waals surface area (Å²) in [4.78, 5) is -4.14. The fourth-order valence-corrected chi connectivity index (χ4v) is 1.25. The molecule has 1 unspecified atom stereocenters. The van der Waals surface area contributed by atoms with Crippen molar-refractivity contribution in [2.24, 2.45) is 0 Å². The zero-order valence-corrected chi connectivity index (χ0v) is 13.6. The molecule has 0 fully saturated rings. The first-order chi connectivity index (χ1) is 9.70. The summed E-state index contributed by atoms with van der Waals surface area (Å²) in [7, 11) is -4.67. The largest absolute Gasteiger partial charge is 1.00 e. The summed E-state index contributed by atoms with van der Waals surface area (Å²) in [5, 5.41) is 21.4. The van der Waals surface area contributed by atoms with Gasteiger partial charge in [-0.3, -0.25) is 4.55 Å². The van der Waals surface area contributed by atoms with Gasteiger partial charge in [0, 0.05) is 13.2 Å². The standard InChI is InChI=1S/C10H14O6S.K/c1-10(12,17(13,14)15)6-7-3-4-8(11)9(5-7)16-2;/h3-5,11-12H,6H2,1-2H3,(H,13,14,15);/q;+1/p-1/i1D3,6D2;. The fraction of sp³-hybridized carbons (Fsp3) is 0.400. The smallest absolute Gasteiger partial charge is 0.870 e. The molecule has 0 spiro atoms. The van der Waals surface area contributed by atoms with Crippen molar-refractivity contribution >= 4 is 10.1 Å². The van der Waals surface area contributed by atoms with Crippen molar-refractivity contribution in [3.05, 3.63) is 23.8 Å². The van der Waals surface area contributed by atoms with Crippen LogP contribution in [0.3, 0.4) is 0 Å². The van der Waals surface area contributed by atoms with Crippen LogP contribution < -0.4 is 61.2 Å². The predicted molar refractivity (Wildman–Crippen MR) is 58.3 cm³/mol. The van der Waals surface area contributed by atoms with Crippen molar-refractivity contribution < 1.29 is 86.2 Å². The molecule has 0 aliphatic heterocycles. The number of benzene rings is 1. The van der Waals surface area contributed by atoms with Gasteiger partial charge in [-0.25, -0.2) is 0 Å². The molecule has 0 saturated carbocycles. The van der Waals surface area contributed by atoms with E-state index in [0.717, 1.165) is 25.3 Å². The van der Waals surface area contributed by atoms with Crippen molar-refractivity contribution in [3.8, 4) is 11.5 Å². The number of aliphatic hydroxyl groups is 1. The van der Waals surface area contributed by atoms with Gasteiger partial charge in [-0.1, -0.05) is 17.9 Å². The molecule has 0 bridgehead atoms. The van der Waals surface area contributed by atoms with Crippen molar-refractivity contribution in [1.29, 1.82) is 0 Å². The summed E-state index contributed by atoms with van der Waals surface area (Å²) in [6, 6.07) is 2.37. The van der Waals surface area contributed by atoms with E-state index in [2.05, 4.69) is 4.74 Å². The van der Waals surface area contributed by atoms with Crippen molar-refractivity contribution in [3.63, 3.8) is 0 Å². The number of hydrogen-bond donors (Lipinski definition) is 2. The number of ether oxygens (including phenoxy) is 1. The quantitative estimate of drug-likeness (QED) is 0.451. The van der Waals surface area contributed by atoms with Gasteiger partial charge in [0.1, 0.15) is 5.75 Å². The molecule has 6 nitrogen and oxygen atoms in total. The summed E-state index contributed by atoms with van der Waals surface area (Å²) < 4.78 is 73.2. The summed E-state index contributed by atoms with van der Waals surface area (Å²) in [6.07, 6.45) is -3.47. The van der Waals surface area contributed by atoms with Crippen LogP contribution in [0.4, 0.5) is 0 Å². The molecule has 0 amide bonds. The summed E-state index contributed by atoms with van der Waals surface area (Å²) in [5.41, 5.74) is -0.666. The topological polar surface area (TPSA) is 107 Å². The Morgan fingerprint density at radius 2 is 2.22 bits per heavy atom. The number of rotatable bonds is 4. The zero-order valence-electron chi connectivity index (χ0n) is 14.7. The molecule has 1 atom stereocenters. The summed E-state index contributed by atoms with van der Waals surface area (Å²) in [5.74, 6) is -1.05. The van der Waals surface area contributed by atoms with Gasteiger partial charge < -0.3 is 14.9 Å². The van der Waals surface area contributed by atoms with Crippen molar-refractivity contribution in [2.45, 2.75) is 18.2 Å². The Morgan fingerprint density at radius 1 is 1.61 bits per heavy atom. The van der Waals surface area contributed by atoms with Gasteiger partial charge in [0.2, 0.25) is 0 Å². The second-order valence-electron chi connectivity index (χ2n) is 3.11. The molecular weight excluding hydrogens is 287 g/mol. The monoisotopic (exact) mass is 305 g/mol. The SMILES string of the molecule is [2H]C([2H])([2H])C(O)(C([2H])([2H])c1ccc([O-])c(OC)c1)S(=O)(=O)O.[K+]. The molecule has 0 saturated heterocycles. The third-order valence-electron chi connectivity index (χ3n) is 1.85. The third kappa shape index (κ3) is 4.46. The molecule has 96 valence electrons. The Morgan fingerprint density at radius 3 is 2.67 bits per heavy atom. The first-order valence-corrected chi connectivity index (χ1v) is 5.69. The zero-order chi connectivity index (χ0) is 17.6. The second kappa shape index (κ2) is 6.66. The minimum absolute atomic E-state index is 0. The first kappa shape index (κ1) is 11.0. The molecule has 0 aliphatic carbocycles. The first-order valence-electron chi connectivity index (χ1n) is 6.75. The van der Waals surface area contributed by atoms with Gasteiger partial charge in [-0.05, 0) is 18.5 Å². The molecule has 0 heterocycles.